The molecule has 0 amide bonds. The first kappa shape index (κ1) is 40.6. The SMILES string of the molecule is CC(O)COC(C)COC(C)COC(C)COC(C)COCC(C)OCC(C)OCC(C)OCC(C)OCC(C)O. The van der Waals surface area contributed by atoms with Gasteiger partial charge in [-0.2, -0.15) is 0 Å². The van der Waals surface area contributed by atoms with E-state index in [-0.39, 0.29) is 48.8 Å². The Morgan fingerprint density at radius 2 is 0.463 bits per heavy atom. The fourth-order valence-corrected chi connectivity index (χ4v) is 3.19. The van der Waals surface area contributed by atoms with Gasteiger partial charge in [-0.05, 0) is 69.2 Å². The molecule has 0 radical (unpaired) electrons. The molecular weight excluding hydrogens is 536 g/mol. The molecule has 248 valence electrons. The summed E-state index contributed by atoms with van der Waals surface area (Å²) in [5, 5.41) is 18.5. The predicted molar refractivity (Wildman–Crippen MR) is 157 cm³/mol. The first-order valence-electron chi connectivity index (χ1n) is 15.1. The Labute approximate surface area is 249 Å². The van der Waals surface area contributed by atoms with Gasteiger partial charge in [0.2, 0.25) is 0 Å². The number of aliphatic hydroxyl groups excluding tert-OH is 2. The van der Waals surface area contributed by atoms with E-state index < -0.39 is 12.2 Å². The summed E-state index contributed by atoms with van der Waals surface area (Å²) in [7, 11) is 0. The maximum Gasteiger partial charge on any atom is 0.0781 e. The molecule has 11 heteroatoms. The Balaban J connectivity index is 3.83. The third kappa shape index (κ3) is 26.9. The monoisotopic (exact) mass is 598 g/mol. The van der Waals surface area contributed by atoms with Crippen LogP contribution < -0.4 is 0 Å². The van der Waals surface area contributed by atoms with Gasteiger partial charge in [0.05, 0.1) is 127 Å². The van der Waals surface area contributed by atoms with Gasteiger partial charge in [-0.25, -0.2) is 0 Å². The van der Waals surface area contributed by atoms with E-state index in [1.807, 2.05) is 55.4 Å². The third-order valence-corrected chi connectivity index (χ3v) is 5.64. The van der Waals surface area contributed by atoms with Gasteiger partial charge in [0, 0.05) is 0 Å². The summed E-state index contributed by atoms with van der Waals surface area (Å²) in [5.41, 5.74) is 0. The van der Waals surface area contributed by atoms with Crippen molar-refractivity contribution in [1.29, 1.82) is 0 Å². The van der Waals surface area contributed by atoms with E-state index in [0.29, 0.717) is 66.1 Å². The second kappa shape index (κ2) is 24.9. The molecule has 10 unspecified atom stereocenters. The highest BCUT2D eigenvalue weighted by Gasteiger charge is 2.14. The Morgan fingerprint density at radius 3 is 0.659 bits per heavy atom. The molecule has 11 nitrogen and oxygen atoms in total. The molecule has 0 heterocycles. The summed E-state index contributed by atoms with van der Waals surface area (Å²) in [4.78, 5) is 0. The molecule has 0 fully saturated rings. The molecule has 0 aliphatic carbocycles. The zero-order valence-electron chi connectivity index (χ0n) is 27.4. The lowest BCUT2D eigenvalue weighted by molar-refractivity contribution is -0.106. The first-order chi connectivity index (χ1) is 19.3. The molecule has 0 aromatic rings. The molecule has 10 atom stereocenters. The number of aliphatic hydroxyl groups is 2. The minimum absolute atomic E-state index is 0.0713. The molecular formula is C30H62O11. The van der Waals surface area contributed by atoms with Crippen LogP contribution in [-0.2, 0) is 42.6 Å². The first-order valence-corrected chi connectivity index (χ1v) is 15.1. The Kier molecular flexibility index (Phi) is 24.7. The van der Waals surface area contributed by atoms with E-state index in [0.717, 1.165) is 0 Å². The standard InChI is InChI=1S/C30H62O11/c1-21(31)11-34-25(5)15-38-29(9)19-40-27(7)17-36-23(3)13-33-14-24(4)37-18-28(8)41-20-30(10)39-16-26(6)35-12-22(2)32/h21-32H,11-20H2,1-10H3. The van der Waals surface area contributed by atoms with Gasteiger partial charge in [0.15, 0.2) is 0 Å². The van der Waals surface area contributed by atoms with Gasteiger partial charge < -0.3 is 52.8 Å². The van der Waals surface area contributed by atoms with Crippen LogP contribution in [0.15, 0.2) is 0 Å². The molecule has 0 rings (SSSR count). The molecule has 0 spiro atoms. The van der Waals surface area contributed by atoms with Crippen LogP contribution >= 0.6 is 0 Å². The normalized spacial score (nSPS) is 19.6. The lowest BCUT2D eigenvalue weighted by atomic mass is 10.3. The molecule has 0 saturated heterocycles. The van der Waals surface area contributed by atoms with Gasteiger partial charge >= 0.3 is 0 Å². The molecule has 41 heavy (non-hydrogen) atoms. The van der Waals surface area contributed by atoms with Crippen molar-refractivity contribution < 1.29 is 52.8 Å². The molecule has 0 aliphatic heterocycles. The summed E-state index contributed by atoms with van der Waals surface area (Å²) >= 11 is 0. The van der Waals surface area contributed by atoms with Crippen molar-refractivity contribution in [2.75, 3.05) is 66.1 Å². The molecule has 0 saturated carbocycles. The van der Waals surface area contributed by atoms with Gasteiger partial charge in [-0.1, -0.05) is 0 Å². The average molecular weight is 599 g/mol. The summed E-state index contributed by atoms with van der Waals surface area (Å²) < 4.78 is 51.6. The van der Waals surface area contributed by atoms with E-state index in [4.69, 9.17) is 42.6 Å². The highest BCUT2D eigenvalue weighted by molar-refractivity contribution is 4.59. The van der Waals surface area contributed by atoms with Crippen LogP contribution in [0, 0.1) is 0 Å². The van der Waals surface area contributed by atoms with Crippen molar-refractivity contribution in [3.63, 3.8) is 0 Å². The highest BCUT2D eigenvalue weighted by Crippen LogP contribution is 2.05. The smallest absolute Gasteiger partial charge is 0.0781 e. The van der Waals surface area contributed by atoms with E-state index >= 15 is 0 Å². The van der Waals surface area contributed by atoms with Crippen LogP contribution in [0.1, 0.15) is 69.2 Å². The number of hydrogen-bond acceptors (Lipinski definition) is 11. The summed E-state index contributed by atoms with van der Waals surface area (Å²) in [6.07, 6.45) is -1.57. The lowest BCUT2D eigenvalue weighted by Crippen LogP contribution is -2.30. The fraction of sp³-hybridized carbons (Fsp3) is 1.00. The second-order valence-electron chi connectivity index (χ2n) is 11.4. The minimum Gasteiger partial charge on any atom is -0.391 e. The van der Waals surface area contributed by atoms with Gasteiger partial charge in [-0.3, -0.25) is 0 Å². The molecule has 0 aromatic carbocycles. The predicted octanol–water partition coefficient (Wildman–Crippen LogP) is 3.01. The second-order valence-corrected chi connectivity index (χ2v) is 11.4. The Bertz CT molecular complexity index is 533. The van der Waals surface area contributed by atoms with Gasteiger partial charge in [0.1, 0.15) is 0 Å². The molecule has 2 N–H and O–H groups in total. The van der Waals surface area contributed by atoms with Crippen molar-refractivity contribution in [3.8, 4) is 0 Å². The lowest BCUT2D eigenvalue weighted by Gasteiger charge is -2.22. The van der Waals surface area contributed by atoms with Crippen molar-refractivity contribution in [2.45, 2.75) is 130 Å². The van der Waals surface area contributed by atoms with Gasteiger partial charge in [-0.15, -0.1) is 0 Å². The zero-order chi connectivity index (χ0) is 31.2. The molecule has 0 bridgehead atoms. The molecule has 0 aliphatic rings. The van der Waals surface area contributed by atoms with E-state index in [2.05, 4.69) is 0 Å². The Morgan fingerprint density at radius 1 is 0.293 bits per heavy atom. The summed E-state index contributed by atoms with van der Waals surface area (Å²) in [6.45, 7) is 23.2. The van der Waals surface area contributed by atoms with Crippen LogP contribution in [-0.4, -0.2) is 137 Å². The van der Waals surface area contributed by atoms with Crippen molar-refractivity contribution in [1.82, 2.24) is 0 Å². The summed E-state index contributed by atoms with van der Waals surface area (Å²) in [6, 6.07) is 0. The van der Waals surface area contributed by atoms with Crippen molar-refractivity contribution in [3.05, 3.63) is 0 Å². The maximum absolute atomic E-state index is 9.27. The fourth-order valence-electron chi connectivity index (χ4n) is 3.19. The quantitative estimate of drug-likeness (QED) is 0.138. The largest absolute Gasteiger partial charge is 0.391 e. The maximum atomic E-state index is 9.27. The van der Waals surface area contributed by atoms with Crippen LogP contribution in [0.3, 0.4) is 0 Å². The van der Waals surface area contributed by atoms with Crippen molar-refractivity contribution in [2.24, 2.45) is 0 Å². The number of ether oxygens (including phenoxy) is 9. The van der Waals surface area contributed by atoms with Crippen LogP contribution in [0.2, 0.25) is 0 Å². The molecule has 0 aromatic heterocycles. The Hall–Kier alpha value is -0.440. The summed E-state index contributed by atoms with van der Waals surface area (Å²) in [5.74, 6) is 0. The van der Waals surface area contributed by atoms with Crippen LogP contribution in [0.4, 0.5) is 0 Å². The van der Waals surface area contributed by atoms with E-state index in [1.165, 1.54) is 0 Å². The van der Waals surface area contributed by atoms with Crippen LogP contribution in [0.5, 0.6) is 0 Å². The van der Waals surface area contributed by atoms with E-state index in [9.17, 15) is 10.2 Å². The van der Waals surface area contributed by atoms with Crippen LogP contribution in [0.25, 0.3) is 0 Å². The number of rotatable bonds is 28. The third-order valence-electron chi connectivity index (χ3n) is 5.64. The van der Waals surface area contributed by atoms with Crippen molar-refractivity contribution >= 4 is 0 Å². The topological polar surface area (TPSA) is 124 Å². The zero-order valence-corrected chi connectivity index (χ0v) is 27.4. The van der Waals surface area contributed by atoms with E-state index in [1.54, 1.807) is 13.8 Å². The minimum atomic E-state index is -0.483. The van der Waals surface area contributed by atoms with Gasteiger partial charge in [0.25, 0.3) is 0 Å². The highest BCUT2D eigenvalue weighted by atomic mass is 16.6. The number of hydrogen-bond donors (Lipinski definition) is 2. The average Bonchev–Trinajstić information content (AvgIpc) is 2.92.